The fourth-order valence-electron chi connectivity index (χ4n) is 0.847. The molecule has 0 saturated heterocycles. The van der Waals surface area contributed by atoms with Crippen molar-refractivity contribution in [3.63, 3.8) is 0 Å². The van der Waals surface area contributed by atoms with Crippen LogP contribution in [-0.2, 0) is 14.3 Å². The molecule has 4 N–H and O–H groups in total. The van der Waals surface area contributed by atoms with Crippen LogP contribution in [0.15, 0.2) is 0 Å². The van der Waals surface area contributed by atoms with E-state index < -0.39 is 11.8 Å². The first-order valence-corrected chi connectivity index (χ1v) is 4.39. The molecule has 0 radical (unpaired) electrons. The molecule has 0 aromatic rings. The van der Waals surface area contributed by atoms with E-state index in [0.29, 0.717) is 19.7 Å². The molecule has 0 aliphatic carbocycles. The third-order valence-electron chi connectivity index (χ3n) is 1.43. The zero-order chi connectivity index (χ0) is 11.0. The van der Waals surface area contributed by atoms with Gasteiger partial charge in [-0.25, -0.2) is 0 Å². The van der Waals surface area contributed by atoms with Gasteiger partial charge in [0.2, 0.25) is 0 Å². The highest BCUT2D eigenvalue weighted by Crippen LogP contribution is 1.82. The molecule has 0 bridgehead atoms. The molecule has 0 aliphatic rings. The fourth-order valence-corrected chi connectivity index (χ4v) is 0.847. The second-order valence-corrected chi connectivity index (χ2v) is 2.87. The van der Waals surface area contributed by atoms with Gasteiger partial charge in [-0.3, -0.25) is 9.59 Å². The Morgan fingerprint density at radius 3 is 2.57 bits per heavy atom. The van der Waals surface area contributed by atoms with E-state index in [-0.39, 0.29) is 6.04 Å². The lowest BCUT2D eigenvalue weighted by atomic mass is 10.3. The average Bonchev–Trinajstić information content (AvgIpc) is 2.14. The normalized spacial score (nSPS) is 11.9. The van der Waals surface area contributed by atoms with Crippen molar-refractivity contribution in [1.82, 2.24) is 10.6 Å². The molecule has 14 heavy (non-hydrogen) atoms. The van der Waals surface area contributed by atoms with E-state index in [1.54, 1.807) is 6.92 Å². The number of methoxy groups -OCH3 is 1. The second kappa shape index (κ2) is 7.28. The highest BCUT2D eigenvalue weighted by molar-refractivity contribution is 6.35. The van der Waals surface area contributed by atoms with Gasteiger partial charge < -0.3 is 21.1 Å². The van der Waals surface area contributed by atoms with Crippen molar-refractivity contribution in [3.8, 4) is 0 Å². The zero-order valence-electron chi connectivity index (χ0n) is 8.50. The van der Waals surface area contributed by atoms with Gasteiger partial charge in [0.05, 0.1) is 6.61 Å². The lowest BCUT2D eigenvalue weighted by Crippen LogP contribution is -2.46. The second-order valence-electron chi connectivity index (χ2n) is 2.87. The molecule has 6 heteroatoms. The van der Waals surface area contributed by atoms with Crippen LogP contribution < -0.4 is 16.4 Å². The molecule has 0 fully saturated rings. The summed E-state index contributed by atoms with van der Waals surface area (Å²) in [6.07, 6.45) is 0. The Morgan fingerprint density at radius 2 is 2.07 bits per heavy atom. The Bertz CT molecular complexity index is 196. The quantitative estimate of drug-likeness (QED) is 0.460. The van der Waals surface area contributed by atoms with Crippen LogP contribution in [0.4, 0.5) is 0 Å². The third-order valence-corrected chi connectivity index (χ3v) is 1.43. The number of carbonyl (C=O) groups is 2. The minimum absolute atomic E-state index is 0.184. The van der Waals surface area contributed by atoms with Gasteiger partial charge in [-0.05, 0) is 6.92 Å². The summed E-state index contributed by atoms with van der Waals surface area (Å²) in [5.74, 6) is -1.33. The van der Waals surface area contributed by atoms with Crippen LogP contribution in [0.25, 0.3) is 0 Å². The molecule has 1 atom stereocenters. The van der Waals surface area contributed by atoms with Crippen molar-refractivity contribution in [2.24, 2.45) is 5.73 Å². The number of hydrogen-bond acceptors (Lipinski definition) is 4. The van der Waals surface area contributed by atoms with Crippen molar-refractivity contribution in [2.45, 2.75) is 13.0 Å². The van der Waals surface area contributed by atoms with Crippen LogP contribution in [0.3, 0.4) is 0 Å². The number of carbonyl (C=O) groups excluding carboxylic acids is 2. The summed E-state index contributed by atoms with van der Waals surface area (Å²) >= 11 is 0. The SMILES string of the molecule is COCC(C)NC(=O)C(=O)NCCN. The number of nitrogens with two attached hydrogens (primary N) is 1. The summed E-state index contributed by atoms with van der Waals surface area (Å²) in [6, 6.07) is -0.184. The Hall–Kier alpha value is -1.14. The molecule has 6 nitrogen and oxygen atoms in total. The van der Waals surface area contributed by atoms with Crippen molar-refractivity contribution in [1.29, 1.82) is 0 Å². The van der Waals surface area contributed by atoms with Crippen LogP contribution in [0.1, 0.15) is 6.92 Å². The summed E-state index contributed by atoms with van der Waals surface area (Å²) in [7, 11) is 1.52. The average molecular weight is 203 g/mol. The number of ether oxygens (including phenoxy) is 1. The number of rotatable bonds is 5. The molecule has 2 amide bonds. The summed E-state index contributed by atoms with van der Waals surface area (Å²) in [4.78, 5) is 22.1. The maximum absolute atomic E-state index is 11.1. The lowest BCUT2D eigenvalue weighted by Gasteiger charge is -2.11. The van der Waals surface area contributed by atoms with Gasteiger partial charge in [-0.15, -0.1) is 0 Å². The van der Waals surface area contributed by atoms with Gasteiger partial charge in [0.25, 0.3) is 0 Å². The standard InChI is InChI=1S/C8H17N3O3/c1-6(5-14-2)11-8(13)7(12)10-4-3-9/h6H,3-5,9H2,1-2H3,(H,10,12)(H,11,13). The molecule has 0 rings (SSSR count). The number of hydrogen-bond donors (Lipinski definition) is 3. The van der Waals surface area contributed by atoms with E-state index in [9.17, 15) is 9.59 Å². The first-order chi connectivity index (χ1) is 6.61. The van der Waals surface area contributed by atoms with Crippen molar-refractivity contribution >= 4 is 11.8 Å². The van der Waals surface area contributed by atoms with E-state index in [1.807, 2.05) is 0 Å². The predicted molar refractivity (Wildman–Crippen MR) is 51.5 cm³/mol. The van der Waals surface area contributed by atoms with Gasteiger partial charge in [-0.2, -0.15) is 0 Å². The summed E-state index contributed by atoms with van der Waals surface area (Å²) in [5, 5.41) is 4.84. The Balaban J connectivity index is 3.77. The Kier molecular flexibility index (Phi) is 6.69. The summed E-state index contributed by atoms with van der Waals surface area (Å²) in [5.41, 5.74) is 5.16. The highest BCUT2D eigenvalue weighted by Gasteiger charge is 2.14. The molecule has 0 aliphatic heterocycles. The minimum Gasteiger partial charge on any atom is -0.383 e. The third kappa shape index (κ3) is 5.50. The molecule has 0 spiro atoms. The van der Waals surface area contributed by atoms with Crippen molar-refractivity contribution in [2.75, 3.05) is 26.8 Å². The maximum Gasteiger partial charge on any atom is 0.309 e. The van der Waals surface area contributed by atoms with Crippen LogP contribution in [0, 0.1) is 0 Å². The van der Waals surface area contributed by atoms with Crippen molar-refractivity contribution in [3.05, 3.63) is 0 Å². The van der Waals surface area contributed by atoms with E-state index in [1.165, 1.54) is 7.11 Å². The number of nitrogens with one attached hydrogen (secondary N) is 2. The first-order valence-electron chi connectivity index (χ1n) is 4.39. The van der Waals surface area contributed by atoms with Crippen LogP contribution in [0.2, 0.25) is 0 Å². The molecule has 82 valence electrons. The monoisotopic (exact) mass is 203 g/mol. The number of amides is 2. The van der Waals surface area contributed by atoms with Gasteiger partial charge in [0.15, 0.2) is 0 Å². The molecule has 0 aromatic heterocycles. The van der Waals surface area contributed by atoms with Crippen molar-refractivity contribution < 1.29 is 14.3 Å². The summed E-state index contributed by atoms with van der Waals surface area (Å²) < 4.78 is 4.80. The molecule has 0 heterocycles. The molecule has 0 aromatic carbocycles. The van der Waals surface area contributed by atoms with Crippen LogP contribution >= 0.6 is 0 Å². The maximum atomic E-state index is 11.1. The smallest absolute Gasteiger partial charge is 0.309 e. The highest BCUT2D eigenvalue weighted by atomic mass is 16.5. The van der Waals surface area contributed by atoms with Gasteiger partial charge >= 0.3 is 11.8 Å². The Labute approximate surface area is 83.2 Å². The molecule has 0 saturated carbocycles. The lowest BCUT2D eigenvalue weighted by molar-refractivity contribution is -0.139. The minimum atomic E-state index is -0.668. The van der Waals surface area contributed by atoms with Gasteiger partial charge in [0, 0.05) is 26.2 Å². The predicted octanol–water partition coefficient (Wildman–Crippen LogP) is -1.79. The molecule has 1 unspecified atom stereocenters. The Morgan fingerprint density at radius 1 is 1.43 bits per heavy atom. The van der Waals surface area contributed by atoms with Gasteiger partial charge in [0.1, 0.15) is 0 Å². The van der Waals surface area contributed by atoms with Gasteiger partial charge in [-0.1, -0.05) is 0 Å². The molecular weight excluding hydrogens is 186 g/mol. The summed E-state index contributed by atoms with van der Waals surface area (Å²) in [6.45, 7) is 2.73. The van der Waals surface area contributed by atoms with E-state index in [4.69, 9.17) is 10.5 Å². The fraction of sp³-hybridized carbons (Fsp3) is 0.750. The van der Waals surface area contributed by atoms with E-state index in [2.05, 4.69) is 10.6 Å². The topological polar surface area (TPSA) is 93.4 Å². The van der Waals surface area contributed by atoms with E-state index >= 15 is 0 Å². The van der Waals surface area contributed by atoms with Crippen LogP contribution in [-0.4, -0.2) is 44.7 Å². The van der Waals surface area contributed by atoms with E-state index in [0.717, 1.165) is 0 Å². The zero-order valence-corrected chi connectivity index (χ0v) is 8.50. The first kappa shape index (κ1) is 12.9. The molecular formula is C8H17N3O3. The van der Waals surface area contributed by atoms with Crippen LogP contribution in [0.5, 0.6) is 0 Å². The largest absolute Gasteiger partial charge is 0.383 e.